The van der Waals surface area contributed by atoms with E-state index < -0.39 is 0 Å². The van der Waals surface area contributed by atoms with Gasteiger partial charge in [0.2, 0.25) is 0 Å². The van der Waals surface area contributed by atoms with Crippen molar-refractivity contribution >= 4 is 5.91 Å². The second-order valence-electron chi connectivity index (χ2n) is 4.02. The van der Waals surface area contributed by atoms with Crippen molar-refractivity contribution in [3.8, 4) is 0 Å². The Morgan fingerprint density at radius 3 is 3.06 bits per heavy atom. The number of aromatic nitrogens is 1. The van der Waals surface area contributed by atoms with Gasteiger partial charge in [0.1, 0.15) is 0 Å². The summed E-state index contributed by atoms with van der Waals surface area (Å²) in [5.41, 5.74) is 2.95. The molecule has 0 saturated carbocycles. The van der Waals surface area contributed by atoms with Crippen LogP contribution in [0.3, 0.4) is 0 Å². The highest BCUT2D eigenvalue weighted by atomic mass is 16.1. The van der Waals surface area contributed by atoms with Crippen LogP contribution in [0.4, 0.5) is 0 Å². The lowest BCUT2D eigenvalue weighted by Crippen LogP contribution is -2.29. The Bertz CT molecular complexity index is 406. The van der Waals surface area contributed by atoms with E-state index in [0.717, 1.165) is 30.8 Å². The number of nitrogens with one attached hydrogen (secondary N) is 3. The molecule has 16 heavy (non-hydrogen) atoms. The quantitative estimate of drug-likeness (QED) is 0.664. The van der Waals surface area contributed by atoms with Gasteiger partial charge in [-0.05, 0) is 26.0 Å². The molecule has 1 aliphatic rings. The molecule has 0 aromatic carbocycles. The van der Waals surface area contributed by atoms with Crippen molar-refractivity contribution in [1.82, 2.24) is 15.6 Å². The van der Waals surface area contributed by atoms with Crippen molar-refractivity contribution in [3.05, 3.63) is 35.2 Å². The Morgan fingerprint density at radius 2 is 2.44 bits per heavy atom. The summed E-state index contributed by atoms with van der Waals surface area (Å²) < 4.78 is 0. The minimum Gasteiger partial charge on any atom is -0.365 e. The number of rotatable bonds is 3. The average Bonchev–Trinajstić information content (AvgIpc) is 2.74. The lowest BCUT2D eigenvalue weighted by molar-refractivity contribution is 0.0956. The number of hydrogen-bond donors (Lipinski definition) is 3. The molecular formula is C12H17N3O. The van der Waals surface area contributed by atoms with Crippen LogP contribution in [0.1, 0.15) is 22.5 Å². The van der Waals surface area contributed by atoms with E-state index in [1.807, 2.05) is 13.0 Å². The highest BCUT2D eigenvalue weighted by Gasteiger charge is 2.10. The third-order valence-electron chi connectivity index (χ3n) is 2.83. The van der Waals surface area contributed by atoms with Crippen LogP contribution in [-0.2, 0) is 0 Å². The maximum atomic E-state index is 11.8. The van der Waals surface area contributed by atoms with Gasteiger partial charge in [-0.15, -0.1) is 0 Å². The van der Waals surface area contributed by atoms with Crippen molar-refractivity contribution in [3.63, 3.8) is 0 Å². The summed E-state index contributed by atoms with van der Waals surface area (Å²) in [5.74, 6) is -0.00168. The molecule has 1 aromatic heterocycles. The lowest BCUT2D eigenvalue weighted by atomic mass is 10.1. The maximum absolute atomic E-state index is 11.8. The zero-order valence-electron chi connectivity index (χ0n) is 9.47. The molecule has 1 aliphatic heterocycles. The molecule has 1 aromatic rings. The van der Waals surface area contributed by atoms with Crippen LogP contribution in [0.2, 0.25) is 0 Å². The van der Waals surface area contributed by atoms with Gasteiger partial charge in [0.15, 0.2) is 0 Å². The summed E-state index contributed by atoms with van der Waals surface area (Å²) in [6, 6.07) is 1.81. The Hall–Kier alpha value is -1.55. The summed E-state index contributed by atoms with van der Waals surface area (Å²) in [7, 11) is 0. The van der Waals surface area contributed by atoms with E-state index in [1.165, 1.54) is 5.57 Å². The van der Waals surface area contributed by atoms with E-state index >= 15 is 0 Å². The predicted molar refractivity (Wildman–Crippen MR) is 63.4 cm³/mol. The first-order chi connectivity index (χ1) is 7.77. The number of H-pyrrole nitrogens is 1. The van der Waals surface area contributed by atoms with E-state index in [2.05, 4.69) is 21.7 Å². The fourth-order valence-electron chi connectivity index (χ4n) is 1.82. The van der Waals surface area contributed by atoms with Crippen LogP contribution in [0, 0.1) is 6.92 Å². The predicted octanol–water partition coefficient (Wildman–Crippen LogP) is 0.973. The van der Waals surface area contributed by atoms with Crippen molar-refractivity contribution in [2.45, 2.75) is 13.3 Å². The number of hydrogen-bond acceptors (Lipinski definition) is 2. The summed E-state index contributed by atoms with van der Waals surface area (Å²) >= 11 is 0. The van der Waals surface area contributed by atoms with Gasteiger partial charge in [-0.3, -0.25) is 4.79 Å². The number of aromatic amines is 1. The van der Waals surface area contributed by atoms with E-state index in [0.29, 0.717) is 6.54 Å². The normalized spacial score (nSPS) is 15.7. The molecule has 0 fully saturated rings. The van der Waals surface area contributed by atoms with Gasteiger partial charge in [-0.2, -0.15) is 0 Å². The van der Waals surface area contributed by atoms with E-state index in [-0.39, 0.29) is 5.91 Å². The van der Waals surface area contributed by atoms with Crippen LogP contribution < -0.4 is 10.6 Å². The molecule has 0 unspecified atom stereocenters. The minimum atomic E-state index is -0.00168. The molecule has 2 heterocycles. The first-order valence-electron chi connectivity index (χ1n) is 5.58. The van der Waals surface area contributed by atoms with Crippen molar-refractivity contribution in [2.24, 2.45) is 0 Å². The first-order valence-corrected chi connectivity index (χ1v) is 5.58. The Labute approximate surface area is 95.1 Å². The summed E-state index contributed by atoms with van der Waals surface area (Å²) in [4.78, 5) is 14.8. The zero-order chi connectivity index (χ0) is 11.4. The van der Waals surface area contributed by atoms with Gasteiger partial charge < -0.3 is 15.6 Å². The third-order valence-corrected chi connectivity index (χ3v) is 2.83. The molecule has 0 aliphatic carbocycles. The molecular weight excluding hydrogens is 202 g/mol. The SMILES string of the molecule is Cc1[nH]ccc1C(=O)NCC1=CCNCC1. The molecule has 1 amide bonds. The molecule has 2 rings (SSSR count). The second-order valence-corrected chi connectivity index (χ2v) is 4.02. The second kappa shape index (κ2) is 4.99. The standard InChI is InChI=1S/C12H17N3O/c1-9-11(4-7-14-9)12(16)15-8-10-2-5-13-6-3-10/h2,4,7,13-14H,3,5-6,8H2,1H3,(H,15,16). The molecule has 86 valence electrons. The van der Waals surface area contributed by atoms with Gasteiger partial charge in [0.25, 0.3) is 5.91 Å². The smallest absolute Gasteiger partial charge is 0.253 e. The Morgan fingerprint density at radius 1 is 1.56 bits per heavy atom. The van der Waals surface area contributed by atoms with Crippen molar-refractivity contribution < 1.29 is 4.79 Å². The van der Waals surface area contributed by atoms with Crippen LogP contribution in [-0.4, -0.2) is 30.5 Å². The molecule has 0 spiro atoms. The summed E-state index contributed by atoms with van der Waals surface area (Å²) in [6.07, 6.45) is 4.95. The van der Waals surface area contributed by atoms with E-state index in [4.69, 9.17) is 0 Å². The van der Waals surface area contributed by atoms with Gasteiger partial charge in [-0.25, -0.2) is 0 Å². The van der Waals surface area contributed by atoms with E-state index in [9.17, 15) is 4.79 Å². The molecule has 0 radical (unpaired) electrons. The van der Waals surface area contributed by atoms with Gasteiger partial charge >= 0.3 is 0 Å². The van der Waals surface area contributed by atoms with Crippen LogP contribution in [0.5, 0.6) is 0 Å². The van der Waals surface area contributed by atoms with Gasteiger partial charge in [0, 0.05) is 25.0 Å². The molecule has 4 heteroatoms. The van der Waals surface area contributed by atoms with Crippen molar-refractivity contribution in [1.29, 1.82) is 0 Å². The van der Waals surface area contributed by atoms with Crippen LogP contribution >= 0.6 is 0 Å². The molecule has 0 bridgehead atoms. The molecule has 0 atom stereocenters. The number of carbonyl (C=O) groups is 1. The molecule has 4 nitrogen and oxygen atoms in total. The zero-order valence-corrected chi connectivity index (χ0v) is 9.47. The highest BCUT2D eigenvalue weighted by Crippen LogP contribution is 2.06. The van der Waals surface area contributed by atoms with Crippen LogP contribution in [0.25, 0.3) is 0 Å². The number of carbonyl (C=O) groups excluding carboxylic acids is 1. The van der Waals surface area contributed by atoms with Gasteiger partial charge in [-0.1, -0.05) is 11.6 Å². The van der Waals surface area contributed by atoms with Crippen molar-refractivity contribution in [2.75, 3.05) is 19.6 Å². The van der Waals surface area contributed by atoms with E-state index in [1.54, 1.807) is 6.20 Å². The highest BCUT2D eigenvalue weighted by molar-refractivity contribution is 5.95. The number of aryl methyl sites for hydroxylation is 1. The fraction of sp³-hybridized carbons (Fsp3) is 0.417. The largest absolute Gasteiger partial charge is 0.365 e. The average molecular weight is 219 g/mol. The lowest BCUT2D eigenvalue weighted by Gasteiger charge is -2.14. The monoisotopic (exact) mass is 219 g/mol. The van der Waals surface area contributed by atoms with Gasteiger partial charge in [0.05, 0.1) is 5.56 Å². The topological polar surface area (TPSA) is 56.9 Å². The summed E-state index contributed by atoms with van der Waals surface area (Å²) in [5, 5.41) is 6.19. The minimum absolute atomic E-state index is 0.00168. The third kappa shape index (κ3) is 2.52. The molecule has 0 saturated heterocycles. The maximum Gasteiger partial charge on any atom is 0.253 e. The first kappa shape index (κ1) is 11.0. The Balaban J connectivity index is 1.89. The number of amides is 1. The summed E-state index contributed by atoms with van der Waals surface area (Å²) in [6.45, 7) is 4.48. The molecule has 3 N–H and O–H groups in total. The Kier molecular flexibility index (Phi) is 3.41. The van der Waals surface area contributed by atoms with Crippen LogP contribution in [0.15, 0.2) is 23.9 Å². The fourth-order valence-corrected chi connectivity index (χ4v) is 1.82.